The summed E-state index contributed by atoms with van der Waals surface area (Å²) < 4.78 is 14.7. The van der Waals surface area contributed by atoms with Gasteiger partial charge in [0.15, 0.2) is 0 Å². The van der Waals surface area contributed by atoms with E-state index in [1.165, 1.54) is 32.1 Å². The average Bonchev–Trinajstić information content (AvgIpc) is 2.14. The first-order chi connectivity index (χ1) is 7.06. The van der Waals surface area contributed by atoms with Crippen LogP contribution in [0.5, 0.6) is 0 Å². The zero-order chi connectivity index (χ0) is 11.6. The van der Waals surface area contributed by atoms with Crippen molar-refractivity contribution in [1.29, 1.82) is 0 Å². The molecule has 0 aromatic rings. The van der Waals surface area contributed by atoms with Gasteiger partial charge in [-0.05, 0) is 6.42 Å². The third-order valence-electron chi connectivity index (χ3n) is 2.26. The van der Waals surface area contributed by atoms with E-state index >= 15 is 0 Å². The van der Waals surface area contributed by atoms with Gasteiger partial charge in [-0.3, -0.25) is 4.52 Å². The van der Waals surface area contributed by atoms with Crippen LogP contribution in [0.2, 0.25) is 0 Å². The molecule has 0 aromatic heterocycles. The van der Waals surface area contributed by atoms with Crippen LogP contribution in [0.1, 0.15) is 58.3 Å². The molecule has 0 saturated carbocycles. The molecule has 0 aromatic carbocycles. The summed E-state index contributed by atoms with van der Waals surface area (Å²) in [6, 6.07) is 0. The third kappa shape index (κ3) is 17.5. The van der Waals surface area contributed by atoms with E-state index in [9.17, 15) is 4.57 Å². The Kier molecular flexibility index (Phi) is 15.3. The summed E-state index contributed by atoms with van der Waals surface area (Å²) in [5.41, 5.74) is 0. The number of phosphoric ester groups is 1. The zero-order valence-corrected chi connectivity index (χ0v) is 10.4. The Morgan fingerprint density at radius 3 is 1.81 bits per heavy atom. The predicted octanol–water partition coefficient (Wildman–Crippen LogP) is 2.59. The molecule has 0 atom stereocenters. The molecule has 0 radical (unpaired) electrons. The maximum atomic E-state index is 10.3. The molecule has 0 amide bonds. The molecule has 0 fully saturated rings. The van der Waals surface area contributed by atoms with Crippen molar-refractivity contribution in [3.05, 3.63) is 0 Å². The van der Waals surface area contributed by atoms with Gasteiger partial charge >= 0.3 is 37.4 Å². The Morgan fingerprint density at radius 1 is 0.938 bits per heavy atom. The SMILES string of the molecule is CCCCCCCCCCOP(=O)(O)O.[NaH]. The Hall–Kier alpha value is 1.11. The van der Waals surface area contributed by atoms with Gasteiger partial charge < -0.3 is 9.79 Å². The average molecular weight is 262 g/mol. The second-order valence-electron chi connectivity index (χ2n) is 3.80. The Balaban J connectivity index is 0. The Labute approximate surface area is 121 Å². The van der Waals surface area contributed by atoms with Gasteiger partial charge in [-0.15, -0.1) is 0 Å². The molecule has 6 heteroatoms. The van der Waals surface area contributed by atoms with Crippen molar-refractivity contribution in [3.8, 4) is 0 Å². The summed E-state index contributed by atoms with van der Waals surface area (Å²) in [5, 5.41) is 0. The van der Waals surface area contributed by atoms with Crippen molar-refractivity contribution in [3.63, 3.8) is 0 Å². The fraction of sp³-hybridized carbons (Fsp3) is 1.00. The first-order valence-corrected chi connectivity index (χ1v) is 7.29. The van der Waals surface area contributed by atoms with Gasteiger partial charge in [0.1, 0.15) is 0 Å². The molecular formula is C10H24NaO4P. The van der Waals surface area contributed by atoms with E-state index in [0.29, 0.717) is 0 Å². The monoisotopic (exact) mass is 262 g/mol. The van der Waals surface area contributed by atoms with Crippen LogP contribution in [-0.4, -0.2) is 46.0 Å². The molecule has 0 aliphatic carbocycles. The standard InChI is InChI=1S/C10H23O4P.Na.H/c1-2-3-4-5-6-7-8-9-10-14-15(11,12)13;;/h2-10H2,1H3,(H2,11,12,13);;. The van der Waals surface area contributed by atoms with Crippen molar-refractivity contribution >= 4 is 37.4 Å². The molecule has 0 aliphatic rings. The number of unbranched alkanes of at least 4 members (excludes halogenated alkanes) is 7. The second-order valence-corrected chi connectivity index (χ2v) is 5.04. The second kappa shape index (κ2) is 12.6. The van der Waals surface area contributed by atoms with Crippen LogP contribution in [0.25, 0.3) is 0 Å². The third-order valence-corrected chi connectivity index (χ3v) is 2.78. The van der Waals surface area contributed by atoms with Crippen LogP contribution >= 0.6 is 7.82 Å². The molecule has 0 bridgehead atoms. The minimum atomic E-state index is -4.24. The van der Waals surface area contributed by atoms with Crippen LogP contribution in [0.15, 0.2) is 0 Å². The van der Waals surface area contributed by atoms with Gasteiger partial charge in [-0.25, -0.2) is 4.57 Å². The number of hydrogen-bond donors (Lipinski definition) is 2. The first kappa shape index (κ1) is 19.4. The molecule has 0 aliphatic heterocycles. The van der Waals surface area contributed by atoms with E-state index < -0.39 is 7.82 Å². The van der Waals surface area contributed by atoms with Crippen LogP contribution < -0.4 is 0 Å². The van der Waals surface area contributed by atoms with Crippen LogP contribution in [0, 0.1) is 0 Å². The van der Waals surface area contributed by atoms with Crippen molar-refractivity contribution in [1.82, 2.24) is 0 Å². The number of phosphoric acid groups is 1. The topological polar surface area (TPSA) is 66.8 Å². The van der Waals surface area contributed by atoms with Crippen LogP contribution in [0.4, 0.5) is 0 Å². The van der Waals surface area contributed by atoms with Gasteiger partial charge in [-0.1, -0.05) is 51.9 Å². The van der Waals surface area contributed by atoms with Gasteiger partial charge in [0.25, 0.3) is 0 Å². The molecule has 0 rings (SSSR count). The molecule has 0 spiro atoms. The van der Waals surface area contributed by atoms with Crippen LogP contribution in [0.3, 0.4) is 0 Å². The summed E-state index contributed by atoms with van der Waals surface area (Å²) in [4.78, 5) is 16.8. The van der Waals surface area contributed by atoms with Gasteiger partial charge in [-0.2, -0.15) is 0 Å². The Morgan fingerprint density at radius 2 is 1.38 bits per heavy atom. The molecular weight excluding hydrogens is 238 g/mol. The summed E-state index contributed by atoms with van der Waals surface area (Å²) in [5.74, 6) is 0. The summed E-state index contributed by atoms with van der Waals surface area (Å²) >= 11 is 0. The molecule has 0 saturated heterocycles. The van der Waals surface area contributed by atoms with Gasteiger partial charge in [0.2, 0.25) is 0 Å². The van der Waals surface area contributed by atoms with Crippen molar-refractivity contribution < 1.29 is 18.9 Å². The molecule has 2 N–H and O–H groups in total. The first-order valence-electron chi connectivity index (χ1n) is 5.76. The quantitative estimate of drug-likeness (QED) is 0.361. The van der Waals surface area contributed by atoms with Crippen molar-refractivity contribution in [2.75, 3.05) is 6.61 Å². The summed E-state index contributed by atoms with van der Waals surface area (Å²) in [6.07, 6.45) is 9.22. The molecule has 4 nitrogen and oxygen atoms in total. The van der Waals surface area contributed by atoms with E-state index in [4.69, 9.17) is 9.79 Å². The summed E-state index contributed by atoms with van der Waals surface area (Å²) in [6.45, 7) is 2.36. The molecule has 94 valence electrons. The van der Waals surface area contributed by atoms with E-state index in [1.807, 2.05) is 0 Å². The van der Waals surface area contributed by atoms with E-state index in [-0.39, 0.29) is 36.2 Å². The number of hydrogen-bond acceptors (Lipinski definition) is 2. The van der Waals surface area contributed by atoms with Gasteiger partial charge in [0, 0.05) is 0 Å². The van der Waals surface area contributed by atoms with E-state index in [2.05, 4.69) is 11.4 Å². The van der Waals surface area contributed by atoms with Crippen molar-refractivity contribution in [2.45, 2.75) is 58.3 Å². The van der Waals surface area contributed by atoms with Crippen molar-refractivity contribution in [2.24, 2.45) is 0 Å². The fourth-order valence-electron chi connectivity index (χ4n) is 1.42. The van der Waals surface area contributed by atoms with Gasteiger partial charge in [0.05, 0.1) is 6.61 Å². The zero-order valence-electron chi connectivity index (χ0n) is 9.52. The molecule has 16 heavy (non-hydrogen) atoms. The maximum absolute atomic E-state index is 10.3. The minimum absolute atomic E-state index is 0. The Bertz CT molecular complexity index is 184. The van der Waals surface area contributed by atoms with Crippen LogP contribution in [-0.2, 0) is 9.09 Å². The van der Waals surface area contributed by atoms with E-state index in [0.717, 1.165) is 19.3 Å². The normalized spacial score (nSPS) is 11.2. The predicted molar refractivity (Wildman–Crippen MR) is 67.8 cm³/mol. The number of rotatable bonds is 10. The molecule has 0 unspecified atom stereocenters. The van der Waals surface area contributed by atoms with E-state index in [1.54, 1.807) is 0 Å². The summed E-state index contributed by atoms with van der Waals surface area (Å²) in [7, 11) is -4.24. The molecule has 0 heterocycles. The fourth-order valence-corrected chi connectivity index (χ4v) is 1.79.